The maximum atomic E-state index is 12.6. The molecule has 0 radical (unpaired) electrons. The average molecular weight is 282 g/mol. The van der Waals surface area contributed by atoms with Gasteiger partial charge >= 0.3 is 6.18 Å². The molecule has 20 heavy (non-hydrogen) atoms. The zero-order valence-corrected chi connectivity index (χ0v) is 10.7. The standard InChI is InChI=1S/C13H13F3N4/c1-8-3-2-4-9(5-8)7-18-11-6-10(17)19-12(20-11)13(14,15)16/h2-6H,7H2,1H3,(H3,17,18,19,20). The Kier molecular flexibility index (Phi) is 3.78. The number of anilines is 2. The lowest BCUT2D eigenvalue weighted by molar-refractivity contribution is -0.144. The second kappa shape index (κ2) is 5.36. The van der Waals surface area contributed by atoms with Crippen LogP contribution in [0, 0.1) is 6.92 Å². The van der Waals surface area contributed by atoms with Crippen LogP contribution < -0.4 is 11.1 Å². The molecular weight excluding hydrogens is 269 g/mol. The smallest absolute Gasteiger partial charge is 0.384 e. The number of aryl methyl sites for hydroxylation is 1. The Morgan fingerprint density at radius 2 is 1.95 bits per heavy atom. The second-order valence-corrected chi connectivity index (χ2v) is 4.34. The van der Waals surface area contributed by atoms with Gasteiger partial charge in [0.1, 0.15) is 11.6 Å². The topological polar surface area (TPSA) is 63.8 Å². The van der Waals surface area contributed by atoms with Gasteiger partial charge in [0.15, 0.2) is 0 Å². The molecule has 106 valence electrons. The molecule has 0 aliphatic heterocycles. The summed E-state index contributed by atoms with van der Waals surface area (Å²) in [5.74, 6) is -1.42. The Balaban J connectivity index is 2.16. The number of nitrogens with one attached hydrogen (secondary N) is 1. The summed E-state index contributed by atoms with van der Waals surface area (Å²) in [6.07, 6.45) is -4.62. The molecule has 0 bridgehead atoms. The van der Waals surface area contributed by atoms with Crippen molar-refractivity contribution in [2.45, 2.75) is 19.6 Å². The Hall–Kier alpha value is -2.31. The Morgan fingerprint density at radius 1 is 1.20 bits per heavy atom. The summed E-state index contributed by atoms with van der Waals surface area (Å²) in [7, 11) is 0. The van der Waals surface area contributed by atoms with Gasteiger partial charge in [-0.25, -0.2) is 9.97 Å². The van der Waals surface area contributed by atoms with Gasteiger partial charge in [0.25, 0.3) is 0 Å². The Labute approximate surface area is 113 Å². The summed E-state index contributed by atoms with van der Waals surface area (Å²) in [5.41, 5.74) is 7.37. The van der Waals surface area contributed by atoms with Crippen molar-refractivity contribution in [1.82, 2.24) is 9.97 Å². The predicted octanol–water partition coefficient (Wildman–Crippen LogP) is 3.00. The first-order chi connectivity index (χ1) is 9.34. The van der Waals surface area contributed by atoms with Gasteiger partial charge in [-0.3, -0.25) is 0 Å². The molecule has 0 amide bonds. The molecule has 7 heteroatoms. The van der Waals surface area contributed by atoms with Crippen LogP contribution in [-0.4, -0.2) is 9.97 Å². The van der Waals surface area contributed by atoms with Gasteiger partial charge in [0.05, 0.1) is 0 Å². The fraction of sp³-hybridized carbons (Fsp3) is 0.231. The number of nitrogens with zero attached hydrogens (tertiary/aromatic N) is 2. The fourth-order valence-corrected chi connectivity index (χ4v) is 1.70. The number of nitrogen functional groups attached to an aromatic ring is 1. The molecule has 0 spiro atoms. The van der Waals surface area contributed by atoms with E-state index in [2.05, 4.69) is 15.3 Å². The Bertz CT molecular complexity index is 611. The third-order valence-electron chi connectivity index (χ3n) is 2.56. The van der Waals surface area contributed by atoms with Crippen LogP contribution in [0.25, 0.3) is 0 Å². The minimum absolute atomic E-state index is 0.0475. The first-order valence-corrected chi connectivity index (χ1v) is 5.86. The van der Waals surface area contributed by atoms with E-state index in [0.717, 1.165) is 11.1 Å². The van der Waals surface area contributed by atoms with Crippen LogP contribution in [0.3, 0.4) is 0 Å². The summed E-state index contributed by atoms with van der Waals surface area (Å²) >= 11 is 0. The lowest BCUT2D eigenvalue weighted by atomic mass is 10.1. The number of nitrogens with two attached hydrogens (primary N) is 1. The Morgan fingerprint density at radius 3 is 2.60 bits per heavy atom. The number of benzene rings is 1. The van der Waals surface area contributed by atoms with E-state index in [-0.39, 0.29) is 11.6 Å². The van der Waals surface area contributed by atoms with Crippen molar-refractivity contribution in [3.63, 3.8) is 0 Å². The molecule has 2 rings (SSSR count). The molecule has 0 saturated heterocycles. The van der Waals surface area contributed by atoms with Crippen molar-refractivity contribution in [2.24, 2.45) is 0 Å². The molecular formula is C13H13F3N4. The van der Waals surface area contributed by atoms with Crippen LogP contribution in [0.1, 0.15) is 17.0 Å². The van der Waals surface area contributed by atoms with Crippen molar-refractivity contribution in [2.75, 3.05) is 11.1 Å². The van der Waals surface area contributed by atoms with Gasteiger partial charge in [0.2, 0.25) is 5.82 Å². The molecule has 3 N–H and O–H groups in total. The number of aromatic nitrogens is 2. The summed E-state index contributed by atoms with van der Waals surface area (Å²) in [6, 6.07) is 8.89. The summed E-state index contributed by atoms with van der Waals surface area (Å²) < 4.78 is 37.7. The molecule has 1 aromatic carbocycles. The monoisotopic (exact) mass is 282 g/mol. The third kappa shape index (κ3) is 3.59. The van der Waals surface area contributed by atoms with Crippen molar-refractivity contribution in [3.8, 4) is 0 Å². The van der Waals surface area contributed by atoms with Crippen LogP contribution >= 0.6 is 0 Å². The first-order valence-electron chi connectivity index (χ1n) is 5.86. The van der Waals surface area contributed by atoms with E-state index in [1.54, 1.807) is 0 Å². The van der Waals surface area contributed by atoms with E-state index in [1.807, 2.05) is 31.2 Å². The molecule has 0 aliphatic rings. The minimum atomic E-state index is -4.62. The van der Waals surface area contributed by atoms with Crippen molar-refractivity contribution >= 4 is 11.6 Å². The molecule has 4 nitrogen and oxygen atoms in total. The molecule has 0 atom stereocenters. The quantitative estimate of drug-likeness (QED) is 0.908. The lowest BCUT2D eigenvalue weighted by Gasteiger charge is -2.10. The van der Waals surface area contributed by atoms with Crippen LogP contribution in [0.4, 0.5) is 24.8 Å². The zero-order valence-electron chi connectivity index (χ0n) is 10.7. The van der Waals surface area contributed by atoms with Crippen LogP contribution in [0.15, 0.2) is 30.3 Å². The van der Waals surface area contributed by atoms with E-state index in [9.17, 15) is 13.2 Å². The van der Waals surface area contributed by atoms with E-state index in [0.29, 0.717) is 6.54 Å². The molecule has 2 aromatic rings. The summed E-state index contributed by atoms with van der Waals surface area (Å²) in [6.45, 7) is 2.30. The lowest BCUT2D eigenvalue weighted by Crippen LogP contribution is -2.14. The van der Waals surface area contributed by atoms with E-state index < -0.39 is 12.0 Å². The highest BCUT2D eigenvalue weighted by Crippen LogP contribution is 2.27. The highest BCUT2D eigenvalue weighted by molar-refractivity contribution is 5.45. The van der Waals surface area contributed by atoms with Gasteiger partial charge in [-0.15, -0.1) is 0 Å². The third-order valence-corrected chi connectivity index (χ3v) is 2.56. The fourth-order valence-electron chi connectivity index (χ4n) is 1.70. The summed E-state index contributed by atoms with van der Waals surface area (Å²) in [4.78, 5) is 6.59. The SMILES string of the molecule is Cc1cccc(CNc2cc(N)nc(C(F)(F)F)n2)c1. The van der Waals surface area contributed by atoms with Gasteiger partial charge in [0, 0.05) is 12.6 Å². The van der Waals surface area contributed by atoms with Crippen LogP contribution in [0.5, 0.6) is 0 Å². The van der Waals surface area contributed by atoms with Gasteiger partial charge in [-0.05, 0) is 12.5 Å². The largest absolute Gasteiger partial charge is 0.451 e. The molecule has 1 heterocycles. The maximum Gasteiger partial charge on any atom is 0.451 e. The second-order valence-electron chi connectivity index (χ2n) is 4.34. The molecule has 0 fully saturated rings. The van der Waals surface area contributed by atoms with Crippen molar-refractivity contribution in [3.05, 3.63) is 47.3 Å². The number of halogens is 3. The van der Waals surface area contributed by atoms with Crippen LogP contribution in [-0.2, 0) is 12.7 Å². The maximum absolute atomic E-state index is 12.6. The number of hydrogen-bond acceptors (Lipinski definition) is 4. The summed E-state index contributed by atoms with van der Waals surface area (Å²) in [5, 5.41) is 2.81. The molecule has 0 aliphatic carbocycles. The van der Waals surface area contributed by atoms with Crippen LogP contribution in [0.2, 0.25) is 0 Å². The van der Waals surface area contributed by atoms with Crippen molar-refractivity contribution < 1.29 is 13.2 Å². The normalized spacial score (nSPS) is 11.4. The van der Waals surface area contributed by atoms with Crippen molar-refractivity contribution in [1.29, 1.82) is 0 Å². The van der Waals surface area contributed by atoms with E-state index in [4.69, 9.17) is 5.73 Å². The molecule has 1 aromatic heterocycles. The molecule has 0 saturated carbocycles. The first kappa shape index (κ1) is 14.1. The van der Waals surface area contributed by atoms with Gasteiger partial charge < -0.3 is 11.1 Å². The highest BCUT2D eigenvalue weighted by Gasteiger charge is 2.35. The number of hydrogen-bond donors (Lipinski definition) is 2. The highest BCUT2D eigenvalue weighted by atomic mass is 19.4. The average Bonchev–Trinajstić information content (AvgIpc) is 2.35. The predicted molar refractivity (Wildman–Crippen MR) is 70.0 cm³/mol. The van der Waals surface area contributed by atoms with Gasteiger partial charge in [-0.2, -0.15) is 13.2 Å². The van der Waals surface area contributed by atoms with E-state index >= 15 is 0 Å². The van der Waals surface area contributed by atoms with E-state index in [1.165, 1.54) is 6.07 Å². The number of alkyl halides is 3. The minimum Gasteiger partial charge on any atom is -0.384 e. The zero-order chi connectivity index (χ0) is 14.8. The number of rotatable bonds is 3. The van der Waals surface area contributed by atoms with Gasteiger partial charge in [-0.1, -0.05) is 29.8 Å². The molecule has 0 unspecified atom stereocenters.